The summed E-state index contributed by atoms with van der Waals surface area (Å²) in [6.07, 6.45) is 3.48. The minimum absolute atomic E-state index is 0.166. The van der Waals surface area contributed by atoms with Crippen LogP contribution in [-0.2, 0) is 11.2 Å². The number of unbranched alkanes of at least 4 members (excludes halogenated alkanes) is 1. The first-order valence-corrected chi connectivity index (χ1v) is 10.9. The zero-order chi connectivity index (χ0) is 21.3. The van der Waals surface area contributed by atoms with Gasteiger partial charge in [-0.2, -0.15) is 0 Å². The lowest BCUT2D eigenvalue weighted by Crippen LogP contribution is -2.27. The van der Waals surface area contributed by atoms with Gasteiger partial charge in [-0.1, -0.05) is 66.6 Å². The highest BCUT2D eigenvalue weighted by atomic mass is 32.1. The standard InChI is InChI=1S/C23H26N4O2S/c1-3-4-5-17-8-12-18(13-9-17)21(29)24-15-14-20(28)25-23-27-26-22(30-23)19-10-6-16(2)7-11-19/h6-13H,3-5,14-15H2,1-2H3,(H,24,29)(H,25,27,28). The number of benzene rings is 2. The molecule has 0 aliphatic carbocycles. The summed E-state index contributed by atoms with van der Waals surface area (Å²) in [6, 6.07) is 15.6. The number of carbonyl (C=O) groups is 2. The average Bonchev–Trinajstić information content (AvgIpc) is 3.21. The minimum atomic E-state index is -0.211. The van der Waals surface area contributed by atoms with Gasteiger partial charge in [0, 0.05) is 24.1 Å². The predicted octanol–water partition coefficient (Wildman–Crippen LogP) is 4.61. The zero-order valence-electron chi connectivity index (χ0n) is 17.3. The number of nitrogens with one attached hydrogen (secondary N) is 2. The molecule has 0 unspecified atom stereocenters. The minimum Gasteiger partial charge on any atom is -0.352 e. The lowest BCUT2D eigenvalue weighted by Gasteiger charge is -2.06. The van der Waals surface area contributed by atoms with Crippen molar-refractivity contribution >= 4 is 28.3 Å². The number of hydrogen-bond acceptors (Lipinski definition) is 5. The Bertz CT molecular complexity index is 981. The Labute approximate surface area is 180 Å². The van der Waals surface area contributed by atoms with Gasteiger partial charge in [0.15, 0.2) is 0 Å². The molecule has 0 fully saturated rings. The van der Waals surface area contributed by atoms with E-state index in [9.17, 15) is 9.59 Å². The lowest BCUT2D eigenvalue weighted by molar-refractivity contribution is -0.116. The van der Waals surface area contributed by atoms with E-state index in [-0.39, 0.29) is 24.8 Å². The Morgan fingerprint density at radius 1 is 1.00 bits per heavy atom. The largest absolute Gasteiger partial charge is 0.352 e. The molecule has 0 aliphatic heterocycles. The highest BCUT2D eigenvalue weighted by Gasteiger charge is 2.11. The summed E-state index contributed by atoms with van der Waals surface area (Å²) in [7, 11) is 0. The smallest absolute Gasteiger partial charge is 0.251 e. The predicted molar refractivity (Wildman–Crippen MR) is 121 cm³/mol. The molecule has 3 rings (SSSR count). The van der Waals surface area contributed by atoms with Gasteiger partial charge in [0.25, 0.3) is 5.91 Å². The summed E-state index contributed by atoms with van der Waals surface area (Å²) in [5.74, 6) is -0.390. The van der Waals surface area contributed by atoms with Crippen molar-refractivity contribution in [1.82, 2.24) is 15.5 Å². The molecule has 7 heteroatoms. The van der Waals surface area contributed by atoms with Crippen molar-refractivity contribution in [3.63, 3.8) is 0 Å². The molecule has 6 nitrogen and oxygen atoms in total. The summed E-state index contributed by atoms with van der Waals surface area (Å²) in [4.78, 5) is 24.4. The highest BCUT2D eigenvalue weighted by Crippen LogP contribution is 2.26. The summed E-state index contributed by atoms with van der Waals surface area (Å²) >= 11 is 1.32. The van der Waals surface area contributed by atoms with Crippen molar-refractivity contribution in [1.29, 1.82) is 0 Å². The molecule has 0 saturated heterocycles. The number of amides is 2. The van der Waals surface area contributed by atoms with Gasteiger partial charge in [0.1, 0.15) is 5.01 Å². The van der Waals surface area contributed by atoms with Gasteiger partial charge in [-0.15, -0.1) is 10.2 Å². The van der Waals surface area contributed by atoms with Crippen LogP contribution >= 0.6 is 11.3 Å². The summed E-state index contributed by atoms with van der Waals surface area (Å²) in [6.45, 7) is 4.44. The van der Waals surface area contributed by atoms with Crippen molar-refractivity contribution in [2.24, 2.45) is 0 Å². The van der Waals surface area contributed by atoms with E-state index < -0.39 is 0 Å². The molecule has 0 saturated carbocycles. The highest BCUT2D eigenvalue weighted by molar-refractivity contribution is 7.18. The number of nitrogens with zero attached hydrogens (tertiary/aromatic N) is 2. The van der Waals surface area contributed by atoms with E-state index in [2.05, 4.69) is 27.8 Å². The molecule has 0 aliphatic rings. The number of rotatable bonds is 9. The molecule has 156 valence electrons. The van der Waals surface area contributed by atoms with Gasteiger partial charge < -0.3 is 10.6 Å². The molecule has 3 aromatic rings. The van der Waals surface area contributed by atoms with Crippen LogP contribution < -0.4 is 10.6 Å². The van der Waals surface area contributed by atoms with Crippen LogP contribution in [0.4, 0.5) is 5.13 Å². The Hall–Kier alpha value is -3.06. The Morgan fingerprint density at radius 3 is 2.43 bits per heavy atom. The molecule has 0 spiro atoms. The number of carbonyl (C=O) groups excluding carboxylic acids is 2. The van der Waals surface area contributed by atoms with Crippen LogP contribution in [0.1, 0.15) is 47.7 Å². The zero-order valence-corrected chi connectivity index (χ0v) is 18.1. The van der Waals surface area contributed by atoms with E-state index in [0.29, 0.717) is 10.7 Å². The van der Waals surface area contributed by atoms with Crippen LogP contribution in [0.2, 0.25) is 0 Å². The number of aromatic nitrogens is 2. The van der Waals surface area contributed by atoms with Gasteiger partial charge in [-0.05, 0) is 37.5 Å². The molecular weight excluding hydrogens is 396 g/mol. The maximum absolute atomic E-state index is 12.2. The molecule has 0 bridgehead atoms. The lowest BCUT2D eigenvalue weighted by atomic mass is 10.1. The van der Waals surface area contributed by atoms with Crippen LogP contribution in [0, 0.1) is 6.92 Å². The van der Waals surface area contributed by atoms with E-state index in [1.54, 1.807) is 0 Å². The molecule has 2 N–H and O–H groups in total. The molecule has 30 heavy (non-hydrogen) atoms. The molecule has 2 aromatic carbocycles. The van der Waals surface area contributed by atoms with Crippen molar-refractivity contribution in [2.45, 2.75) is 39.5 Å². The SMILES string of the molecule is CCCCc1ccc(C(=O)NCCC(=O)Nc2nnc(-c3ccc(C)cc3)s2)cc1. The third kappa shape index (κ3) is 6.22. The molecular formula is C23H26N4O2S. The number of hydrogen-bond donors (Lipinski definition) is 2. The molecule has 1 aromatic heterocycles. The van der Waals surface area contributed by atoms with Crippen molar-refractivity contribution in [2.75, 3.05) is 11.9 Å². The van der Waals surface area contributed by atoms with E-state index in [1.807, 2.05) is 55.5 Å². The van der Waals surface area contributed by atoms with E-state index in [4.69, 9.17) is 0 Å². The third-order valence-corrected chi connectivity index (χ3v) is 5.53. The van der Waals surface area contributed by atoms with Crippen molar-refractivity contribution < 1.29 is 9.59 Å². The molecule has 0 radical (unpaired) electrons. The van der Waals surface area contributed by atoms with Crippen LogP contribution in [0.5, 0.6) is 0 Å². The quantitative estimate of drug-likeness (QED) is 0.527. The Morgan fingerprint density at radius 2 is 1.73 bits per heavy atom. The van der Waals surface area contributed by atoms with Crippen molar-refractivity contribution in [3.05, 3.63) is 65.2 Å². The van der Waals surface area contributed by atoms with E-state index in [1.165, 1.54) is 22.5 Å². The number of anilines is 1. The molecule has 1 heterocycles. The van der Waals surface area contributed by atoms with Gasteiger partial charge >= 0.3 is 0 Å². The summed E-state index contributed by atoms with van der Waals surface area (Å²) < 4.78 is 0. The fourth-order valence-electron chi connectivity index (χ4n) is 2.86. The van der Waals surface area contributed by atoms with E-state index in [0.717, 1.165) is 29.8 Å². The Balaban J connectivity index is 1.43. The van der Waals surface area contributed by atoms with Gasteiger partial charge in [0.05, 0.1) is 0 Å². The van der Waals surface area contributed by atoms with Gasteiger partial charge in [-0.3, -0.25) is 9.59 Å². The first-order valence-electron chi connectivity index (χ1n) is 10.1. The normalized spacial score (nSPS) is 10.6. The van der Waals surface area contributed by atoms with Gasteiger partial charge in [0.2, 0.25) is 11.0 Å². The Kier molecular flexibility index (Phi) is 7.68. The first kappa shape index (κ1) is 21.6. The summed E-state index contributed by atoms with van der Waals surface area (Å²) in [5, 5.41) is 14.9. The topological polar surface area (TPSA) is 84.0 Å². The van der Waals surface area contributed by atoms with Crippen LogP contribution in [0.25, 0.3) is 10.6 Å². The molecule has 2 amide bonds. The maximum Gasteiger partial charge on any atom is 0.251 e. The van der Waals surface area contributed by atoms with E-state index >= 15 is 0 Å². The van der Waals surface area contributed by atoms with Crippen LogP contribution in [-0.4, -0.2) is 28.6 Å². The average molecular weight is 423 g/mol. The maximum atomic E-state index is 12.2. The fourth-order valence-corrected chi connectivity index (χ4v) is 3.63. The fraction of sp³-hybridized carbons (Fsp3) is 0.304. The second-order valence-electron chi connectivity index (χ2n) is 7.13. The van der Waals surface area contributed by atoms with Crippen LogP contribution in [0.15, 0.2) is 48.5 Å². The second-order valence-corrected chi connectivity index (χ2v) is 8.11. The number of aryl methyl sites for hydroxylation is 2. The van der Waals surface area contributed by atoms with Gasteiger partial charge in [-0.25, -0.2) is 0 Å². The third-order valence-electron chi connectivity index (χ3n) is 4.64. The second kappa shape index (κ2) is 10.6. The van der Waals surface area contributed by atoms with Crippen LogP contribution in [0.3, 0.4) is 0 Å². The van der Waals surface area contributed by atoms with Crippen molar-refractivity contribution in [3.8, 4) is 10.6 Å². The monoisotopic (exact) mass is 422 g/mol. The molecule has 0 atom stereocenters. The first-order chi connectivity index (χ1) is 14.5. The summed E-state index contributed by atoms with van der Waals surface area (Å²) in [5.41, 5.74) is 3.97.